The van der Waals surface area contributed by atoms with Crippen LogP contribution in [0.4, 0.5) is 24.5 Å². The third-order valence-electron chi connectivity index (χ3n) is 11.2. The highest BCUT2D eigenvalue weighted by Gasteiger charge is 2.56. The third kappa shape index (κ3) is 8.51. The fourth-order valence-corrected chi connectivity index (χ4v) is 7.66. The Kier molecular flexibility index (Phi) is 11.8. The Balaban J connectivity index is 0.880. The molecule has 1 aliphatic heterocycles. The minimum atomic E-state index is -3.92. The molecule has 3 atom stereocenters. The number of halogens is 3. The Bertz CT molecular complexity index is 2550. The number of tetrazole rings is 1. The van der Waals surface area contributed by atoms with E-state index in [2.05, 4.69) is 40.4 Å². The summed E-state index contributed by atoms with van der Waals surface area (Å²) in [5.41, 5.74) is 0.398. The molecule has 14 nitrogen and oxygen atoms in total. The molecule has 3 aromatic carbocycles. The van der Waals surface area contributed by atoms with Crippen LogP contribution in [-0.2, 0) is 29.4 Å². The highest BCUT2D eigenvalue weighted by atomic mass is 19.3. The number of alkyl halides is 2. The second-order valence-corrected chi connectivity index (χ2v) is 15.0. The second kappa shape index (κ2) is 17.5. The Hall–Kier alpha value is -6.72. The van der Waals surface area contributed by atoms with Gasteiger partial charge in [-0.3, -0.25) is 4.98 Å². The van der Waals surface area contributed by atoms with Crippen LogP contribution >= 0.6 is 0 Å². The predicted molar refractivity (Wildman–Crippen MR) is 222 cm³/mol. The van der Waals surface area contributed by atoms with Crippen LogP contribution in [-0.4, -0.2) is 81.9 Å². The second-order valence-electron chi connectivity index (χ2n) is 15.0. The molecule has 314 valence electrons. The summed E-state index contributed by atoms with van der Waals surface area (Å²) >= 11 is 0. The van der Waals surface area contributed by atoms with Crippen LogP contribution < -0.4 is 15.5 Å². The first-order chi connectivity index (χ1) is 29.5. The molecule has 0 amide bonds. The van der Waals surface area contributed by atoms with Crippen molar-refractivity contribution in [3.05, 3.63) is 161 Å². The molecule has 7 aromatic rings. The van der Waals surface area contributed by atoms with Gasteiger partial charge in [0.25, 0.3) is 0 Å². The third-order valence-corrected chi connectivity index (χ3v) is 11.2. The van der Waals surface area contributed by atoms with Crippen molar-refractivity contribution in [1.29, 1.82) is 0 Å². The Morgan fingerprint density at radius 1 is 0.803 bits per heavy atom. The summed E-state index contributed by atoms with van der Waals surface area (Å²) in [4.78, 5) is 26.7. The number of piperazine rings is 1. The van der Waals surface area contributed by atoms with Crippen LogP contribution in [0.3, 0.4) is 0 Å². The van der Waals surface area contributed by atoms with Crippen molar-refractivity contribution in [2.24, 2.45) is 0 Å². The van der Waals surface area contributed by atoms with Gasteiger partial charge in [0.15, 0.2) is 5.60 Å². The van der Waals surface area contributed by atoms with Gasteiger partial charge in [0.2, 0.25) is 0 Å². The molecule has 0 unspecified atom stereocenters. The average molecular weight is 832 g/mol. The molecule has 1 N–H and O–H groups in total. The molecule has 61 heavy (non-hydrogen) atoms. The summed E-state index contributed by atoms with van der Waals surface area (Å²) < 4.78 is 56.2. The molecule has 1 aliphatic rings. The molecule has 0 spiro atoms. The average Bonchev–Trinajstić information content (AvgIpc) is 3.96. The van der Waals surface area contributed by atoms with E-state index < -0.39 is 29.6 Å². The minimum absolute atomic E-state index is 0.221. The number of anilines is 2. The van der Waals surface area contributed by atoms with Crippen molar-refractivity contribution in [1.82, 2.24) is 44.5 Å². The van der Waals surface area contributed by atoms with Crippen molar-refractivity contribution in [3.8, 4) is 16.9 Å². The molecular weight excluding hydrogens is 788 g/mol. The number of ether oxygens (including phenoxy) is 1. The number of rotatable bonds is 15. The SMILES string of the molecule is CC[C@@H]([C@H](C)OCc1ccccc1)n1ncn(-c2ccc(N3CCN(c4ccc(-c5ccc(C(F)(F)[C@](O)(Cn6cnnn6)c6ccc(F)cc6)nc5)cc4)CC3)cn2)c1=O. The topological polar surface area (TPSA) is 145 Å². The van der Waals surface area contributed by atoms with Gasteiger partial charge in [-0.05, 0) is 82.9 Å². The van der Waals surface area contributed by atoms with Crippen LogP contribution in [0, 0.1) is 5.82 Å². The van der Waals surface area contributed by atoms with Crippen LogP contribution in [0.1, 0.15) is 43.1 Å². The number of hydrogen-bond donors (Lipinski definition) is 1. The molecule has 5 heterocycles. The maximum Gasteiger partial charge on any atom is 0.351 e. The summed E-state index contributed by atoms with van der Waals surface area (Å²) in [6.07, 6.45) is 6.17. The Morgan fingerprint density at radius 2 is 1.49 bits per heavy atom. The van der Waals surface area contributed by atoms with E-state index in [0.29, 0.717) is 24.4 Å². The van der Waals surface area contributed by atoms with E-state index in [-0.39, 0.29) is 23.4 Å². The van der Waals surface area contributed by atoms with Crippen LogP contribution in [0.25, 0.3) is 16.9 Å². The van der Waals surface area contributed by atoms with Crippen LogP contribution in [0.2, 0.25) is 0 Å². The standard InChI is InChI=1S/C44H44F3N11O3/c1-3-39(31(2)61-27-32-7-5-4-6-8-32)58-42(59)57(30-51-58)41-20-18-38(26-49-41)55-23-21-54(22-24-55)37-16-9-33(10-17-37)34-11-19-40(48-25-34)44(46,47)43(60,28-56-29-50-52-53-56)35-12-14-36(45)15-13-35/h4-20,25-26,29-31,39,60H,3,21-24,27-28H2,1-2H3/t31-,39-,43-/m0/s1. The highest BCUT2D eigenvalue weighted by molar-refractivity contribution is 5.66. The van der Waals surface area contributed by atoms with Crippen molar-refractivity contribution in [2.75, 3.05) is 36.0 Å². The smallest absolute Gasteiger partial charge is 0.351 e. The lowest BCUT2D eigenvalue weighted by Crippen LogP contribution is -2.47. The first-order valence-electron chi connectivity index (χ1n) is 20.0. The number of pyridine rings is 2. The first kappa shape index (κ1) is 41.0. The van der Waals surface area contributed by atoms with Gasteiger partial charge in [0, 0.05) is 43.6 Å². The minimum Gasteiger partial charge on any atom is -0.377 e. The Labute approximate surface area is 349 Å². The van der Waals surface area contributed by atoms with Crippen LogP contribution in [0.5, 0.6) is 0 Å². The van der Waals surface area contributed by atoms with Crippen molar-refractivity contribution < 1.29 is 23.0 Å². The normalized spacial score (nSPS) is 15.4. The molecule has 0 saturated carbocycles. The van der Waals surface area contributed by atoms with Gasteiger partial charge in [-0.2, -0.15) is 13.9 Å². The van der Waals surface area contributed by atoms with E-state index in [0.717, 1.165) is 84.0 Å². The Morgan fingerprint density at radius 3 is 2.11 bits per heavy atom. The first-order valence-corrected chi connectivity index (χ1v) is 20.0. The summed E-state index contributed by atoms with van der Waals surface area (Å²) in [6, 6.07) is 28.2. The van der Waals surface area contributed by atoms with Gasteiger partial charge in [0.1, 0.15) is 30.0 Å². The molecule has 17 heteroatoms. The maximum absolute atomic E-state index is 16.2. The fourth-order valence-electron chi connectivity index (χ4n) is 7.66. The monoisotopic (exact) mass is 831 g/mol. The zero-order chi connectivity index (χ0) is 42.6. The number of hydrogen-bond acceptors (Lipinski definition) is 11. The number of aromatic nitrogens is 9. The molecule has 0 radical (unpaired) electrons. The number of benzene rings is 3. The lowest BCUT2D eigenvalue weighted by atomic mass is 9.85. The predicted octanol–water partition coefficient (Wildman–Crippen LogP) is 6.18. The van der Waals surface area contributed by atoms with E-state index >= 15 is 8.78 Å². The lowest BCUT2D eigenvalue weighted by molar-refractivity contribution is -0.206. The van der Waals surface area contributed by atoms with Crippen molar-refractivity contribution in [2.45, 2.75) is 57.1 Å². The van der Waals surface area contributed by atoms with E-state index in [4.69, 9.17) is 4.74 Å². The quantitative estimate of drug-likeness (QED) is 0.127. The summed E-state index contributed by atoms with van der Waals surface area (Å²) in [5, 5.41) is 26.6. The van der Waals surface area contributed by atoms with Crippen molar-refractivity contribution >= 4 is 11.4 Å². The van der Waals surface area contributed by atoms with Gasteiger partial charge in [-0.25, -0.2) is 28.1 Å². The summed E-state index contributed by atoms with van der Waals surface area (Å²) in [7, 11) is 0. The molecule has 0 bridgehead atoms. The van der Waals surface area contributed by atoms with Gasteiger partial charge < -0.3 is 19.6 Å². The number of aliphatic hydroxyl groups is 1. The molecular formula is C44H44F3N11O3. The summed E-state index contributed by atoms with van der Waals surface area (Å²) in [6.45, 7) is 6.71. The largest absolute Gasteiger partial charge is 0.377 e. The van der Waals surface area contributed by atoms with Gasteiger partial charge >= 0.3 is 11.6 Å². The van der Waals surface area contributed by atoms with Crippen LogP contribution in [0.15, 0.2) is 133 Å². The zero-order valence-corrected chi connectivity index (χ0v) is 33.5. The van der Waals surface area contributed by atoms with E-state index in [1.54, 1.807) is 6.20 Å². The van der Waals surface area contributed by atoms with E-state index in [1.165, 1.54) is 33.9 Å². The molecule has 0 aliphatic carbocycles. The summed E-state index contributed by atoms with van der Waals surface area (Å²) in [5.74, 6) is -4.07. The fraction of sp³-hybridized carbons (Fsp3) is 0.295. The lowest BCUT2D eigenvalue weighted by Gasteiger charge is -2.37. The van der Waals surface area contributed by atoms with Gasteiger partial charge in [-0.1, -0.05) is 67.6 Å². The molecule has 1 saturated heterocycles. The molecule has 8 rings (SSSR count). The molecule has 1 fully saturated rings. The van der Waals surface area contributed by atoms with E-state index in [9.17, 15) is 14.3 Å². The zero-order valence-electron chi connectivity index (χ0n) is 33.5. The maximum atomic E-state index is 16.2. The van der Waals surface area contributed by atoms with Gasteiger partial charge in [0.05, 0.1) is 37.2 Å². The van der Waals surface area contributed by atoms with Crippen molar-refractivity contribution in [3.63, 3.8) is 0 Å². The van der Waals surface area contributed by atoms with E-state index in [1.807, 2.05) is 80.6 Å². The number of nitrogens with zero attached hydrogens (tertiary/aromatic N) is 11. The van der Waals surface area contributed by atoms with Gasteiger partial charge in [-0.15, -0.1) is 5.10 Å². The highest BCUT2D eigenvalue weighted by Crippen LogP contribution is 2.46. The molecule has 4 aromatic heterocycles.